The number of thiol groups is 1. The number of aliphatic hydroxyl groups excluding tert-OH is 3. The average molecular weight is 1920 g/mol. The Morgan fingerprint density at radius 1 is 0.156 bits per heavy atom. The molecular weight excluding hydrogens is 1750 g/mol. The van der Waals surface area contributed by atoms with Crippen LogP contribution >= 0.6 is 24.4 Å². The maximum atomic E-state index is 10.3. The van der Waals surface area contributed by atoms with Crippen LogP contribution in [0.4, 0.5) is 0 Å². The van der Waals surface area contributed by atoms with Gasteiger partial charge in [-0.15, -0.1) is 0 Å². The van der Waals surface area contributed by atoms with Gasteiger partial charge in [-0.2, -0.15) is 24.4 Å². The fourth-order valence-corrected chi connectivity index (χ4v) is 10.7. The summed E-state index contributed by atoms with van der Waals surface area (Å²) >= 11 is 5.82. The van der Waals surface area contributed by atoms with Gasteiger partial charge in [-0.1, -0.05) is 0 Å². The molecule has 0 aliphatic carbocycles. The lowest BCUT2D eigenvalue weighted by atomic mass is 10.1. The lowest BCUT2D eigenvalue weighted by Gasteiger charge is -2.31. The minimum Gasteiger partial charge on any atom is -0.394 e. The van der Waals surface area contributed by atoms with E-state index in [1.165, 1.54) is 0 Å². The summed E-state index contributed by atoms with van der Waals surface area (Å²) in [5.74, 6) is 0.567. The standard InChI is InChI=1S/C84H170O42S2/c1-128-84(82(80-87)125-76-74-122-72-70-120-68-66-118-64-62-116-60-58-114-56-54-112-52-50-110-48-46-108-44-42-106-40-38-104-36-34-102-32-30-100-28-26-98-24-22-96-20-18-94-16-14-92-12-10-90-8-6-88-4-2-85)83(81-124-78-79-127)126-77-75-123-73-71-121-69-67-119-65-63-117-61-59-115-57-55-113-53-51-111-49-47-109-45-43-107-41-39-105-37-35-103-33-31-101-29-27-99-25-23-97-21-19-95-17-15-93-13-11-91-9-7-89-5-3-86/h82-87,127H,2-81H2,1H3. The van der Waals surface area contributed by atoms with Crippen LogP contribution < -0.4 is 0 Å². The Labute approximate surface area is 772 Å². The van der Waals surface area contributed by atoms with Crippen LogP contribution in [0.15, 0.2) is 0 Å². The van der Waals surface area contributed by atoms with Crippen molar-refractivity contribution in [3.63, 3.8) is 0 Å². The van der Waals surface area contributed by atoms with Crippen molar-refractivity contribution in [1.29, 1.82) is 0 Å². The van der Waals surface area contributed by atoms with Crippen LogP contribution in [0.2, 0.25) is 0 Å². The van der Waals surface area contributed by atoms with Gasteiger partial charge >= 0.3 is 0 Å². The number of hydrogen-bond acceptors (Lipinski definition) is 44. The monoisotopic (exact) mass is 1920 g/mol. The van der Waals surface area contributed by atoms with Crippen molar-refractivity contribution in [3.8, 4) is 0 Å². The third-order valence-electron chi connectivity index (χ3n) is 15.9. The number of hydrogen-bond donors (Lipinski definition) is 4. The molecular formula is C84H170O42S2. The molecule has 0 fully saturated rings. The summed E-state index contributed by atoms with van der Waals surface area (Å²) in [6.07, 6.45) is 1.07. The highest BCUT2D eigenvalue weighted by Gasteiger charge is 2.31. The fraction of sp³-hybridized carbons (Fsp3) is 1.00. The van der Waals surface area contributed by atoms with Crippen LogP contribution in [0.5, 0.6) is 0 Å². The molecule has 128 heavy (non-hydrogen) atoms. The predicted molar refractivity (Wildman–Crippen MR) is 472 cm³/mol. The molecule has 0 bridgehead atoms. The zero-order valence-electron chi connectivity index (χ0n) is 77.4. The van der Waals surface area contributed by atoms with Crippen molar-refractivity contribution in [1.82, 2.24) is 0 Å². The smallest absolute Gasteiger partial charge is 0.0953 e. The Balaban J connectivity index is 3.47. The Morgan fingerprint density at radius 2 is 0.273 bits per heavy atom. The quantitative estimate of drug-likeness (QED) is 0.0460. The third-order valence-corrected chi connectivity index (χ3v) is 17.3. The van der Waals surface area contributed by atoms with Crippen molar-refractivity contribution < 1.29 is 200 Å². The Kier molecular flexibility index (Phi) is 119. The van der Waals surface area contributed by atoms with Crippen LogP contribution in [0, 0.1) is 0 Å². The largest absolute Gasteiger partial charge is 0.394 e. The molecule has 3 unspecified atom stereocenters. The first-order chi connectivity index (χ1) is 63.7. The molecule has 0 radical (unpaired) electrons. The molecule has 0 aromatic carbocycles. The summed E-state index contributed by atoms with van der Waals surface area (Å²) in [6, 6.07) is 0. The van der Waals surface area contributed by atoms with Crippen LogP contribution in [0.3, 0.4) is 0 Å². The lowest BCUT2D eigenvalue weighted by Crippen LogP contribution is -2.44. The SMILES string of the molecule is CSC(C(CO)OCCOCCOCCOCCOCCOCCOCCOCCOCCOCCOCCOCCOCCOCCOCCOCCOCCOCCOCCO)C(COCCS)OCCOCCOCCOCCOCCOCCOCCOCCOCCOCCOCCOCCOCCOCCOCCOCCOCCOCCOCCO. The van der Waals surface area contributed by atoms with E-state index in [4.69, 9.17) is 195 Å². The minimum atomic E-state index is -0.512. The molecule has 42 nitrogen and oxygen atoms in total. The van der Waals surface area contributed by atoms with E-state index in [0.29, 0.717) is 501 Å². The second-order valence-corrected chi connectivity index (χ2v) is 27.5. The highest BCUT2D eigenvalue weighted by molar-refractivity contribution is 7.99. The number of thioether (sulfide) groups is 1. The molecule has 0 aliphatic heterocycles. The van der Waals surface area contributed by atoms with Gasteiger partial charge in [0.15, 0.2) is 0 Å². The molecule has 44 heteroatoms. The minimum absolute atomic E-state index is 0.0128. The zero-order valence-corrected chi connectivity index (χ0v) is 79.1. The Hall–Kier alpha value is -0.980. The normalized spacial score (nSPS) is 12.6. The van der Waals surface area contributed by atoms with Crippen molar-refractivity contribution in [3.05, 3.63) is 0 Å². The van der Waals surface area contributed by atoms with Gasteiger partial charge in [-0.3, -0.25) is 0 Å². The van der Waals surface area contributed by atoms with E-state index >= 15 is 0 Å². The molecule has 0 rings (SSSR count). The first kappa shape index (κ1) is 127. The van der Waals surface area contributed by atoms with Crippen LogP contribution in [0.1, 0.15) is 0 Å². The molecule has 0 aliphatic rings. The third kappa shape index (κ3) is 110. The molecule has 0 saturated heterocycles. The van der Waals surface area contributed by atoms with Gasteiger partial charge < -0.3 is 200 Å². The van der Waals surface area contributed by atoms with Crippen LogP contribution in [-0.2, 0) is 185 Å². The Bertz CT molecular complexity index is 1940. The van der Waals surface area contributed by atoms with Crippen molar-refractivity contribution in [2.45, 2.75) is 17.5 Å². The summed E-state index contributed by atoms with van der Waals surface area (Å²) in [4.78, 5) is 0. The van der Waals surface area contributed by atoms with Gasteiger partial charge in [0, 0.05) is 5.75 Å². The van der Waals surface area contributed by atoms with E-state index in [9.17, 15) is 5.11 Å². The topological polar surface area (TPSA) is 421 Å². The lowest BCUT2D eigenvalue weighted by molar-refractivity contribution is -0.0799. The van der Waals surface area contributed by atoms with Crippen molar-refractivity contribution in [2.75, 3.05) is 534 Å². The zero-order chi connectivity index (χ0) is 91.6. The molecule has 0 spiro atoms. The molecule has 770 valence electrons. The molecule has 0 amide bonds. The van der Waals surface area contributed by atoms with Crippen LogP contribution in [0.25, 0.3) is 0 Å². The van der Waals surface area contributed by atoms with Gasteiger partial charge in [0.05, 0.1) is 539 Å². The van der Waals surface area contributed by atoms with Gasteiger partial charge in [0.25, 0.3) is 0 Å². The summed E-state index contributed by atoms with van der Waals surface area (Å²) in [6.45, 7) is 34.1. The first-order valence-electron chi connectivity index (χ1n) is 45.3. The van der Waals surface area contributed by atoms with E-state index in [-0.39, 0.29) is 37.8 Å². The fourth-order valence-electron chi connectivity index (χ4n) is 9.62. The maximum Gasteiger partial charge on any atom is 0.0953 e. The van der Waals surface area contributed by atoms with Gasteiger partial charge in [-0.25, -0.2) is 0 Å². The highest BCUT2D eigenvalue weighted by atomic mass is 32.2. The molecule has 3 atom stereocenters. The van der Waals surface area contributed by atoms with E-state index in [0.717, 1.165) is 0 Å². The maximum absolute atomic E-state index is 10.3. The summed E-state index contributed by atoms with van der Waals surface area (Å²) < 4.78 is 217. The average Bonchev–Trinajstić information content (AvgIpc) is 0.879. The van der Waals surface area contributed by atoms with E-state index in [1.807, 2.05) is 6.26 Å². The second-order valence-electron chi connectivity index (χ2n) is 26.0. The van der Waals surface area contributed by atoms with Crippen LogP contribution in [-0.4, -0.2) is 567 Å². The van der Waals surface area contributed by atoms with Crippen molar-refractivity contribution in [2.24, 2.45) is 0 Å². The van der Waals surface area contributed by atoms with Crippen molar-refractivity contribution >= 4 is 24.4 Å². The number of ether oxygens (including phenoxy) is 39. The summed E-state index contributed by atoms with van der Waals surface area (Å²) in [7, 11) is 0. The summed E-state index contributed by atoms with van der Waals surface area (Å²) in [5.41, 5.74) is 0. The number of aliphatic hydroxyl groups is 3. The van der Waals surface area contributed by atoms with Gasteiger partial charge in [-0.05, 0) is 6.26 Å². The second kappa shape index (κ2) is 120. The molecule has 0 saturated carbocycles. The van der Waals surface area contributed by atoms with E-state index in [1.54, 1.807) is 11.8 Å². The van der Waals surface area contributed by atoms with Gasteiger partial charge in [0.2, 0.25) is 0 Å². The van der Waals surface area contributed by atoms with E-state index < -0.39 is 6.10 Å². The molecule has 0 heterocycles. The molecule has 3 N–H and O–H groups in total. The first-order valence-corrected chi connectivity index (χ1v) is 47.2. The van der Waals surface area contributed by atoms with Gasteiger partial charge in [0.1, 0.15) is 0 Å². The molecule has 0 aromatic rings. The molecule has 0 aromatic heterocycles. The summed E-state index contributed by atoms with van der Waals surface area (Å²) in [5, 5.41) is 27.4. The van der Waals surface area contributed by atoms with E-state index in [2.05, 4.69) is 12.6 Å². The Morgan fingerprint density at radius 3 is 0.383 bits per heavy atom. The predicted octanol–water partition coefficient (Wildman–Crippen LogP) is 0.00930. The highest BCUT2D eigenvalue weighted by Crippen LogP contribution is 2.22. The number of rotatable bonds is 122.